The number of fused-ring (bicyclic) bond motifs is 1. The quantitative estimate of drug-likeness (QED) is 0.760. The highest BCUT2D eigenvalue weighted by Crippen LogP contribution is 2.26. The van der Waals surface area contributed by atoms with Crippen molar-refractivity contribution < 1.29 is 9.90 Å². The number of carbonyl (C=O) groups excluding carboxylic acids is 1. The van der Waals surface area contributed by atoms with Gasteiger partial charge in [0, 0.05) is 42.5 Å². The number of aromatic nitrogens is 2. The topological polar surface area (TPSA) is 82.2 Å². The number of hydrogen-bond donors (Lipinski definition) is 1. The summed E-state index contributed by atoms with van der Waals surface area (Å²) in [6.45, 7) is 2.92. The van der Waals surface area contributed by atoms with Crippen molar-refractivity contribution in [2.75, 3.05) is 13.1 Å². The van der Waals surface area contributed by atoms with E-state index >= 15 is 0 Å². The van der Waals surface area contributed by atoms with Crippen LogP contribution in [-0.2, 0) is 17.8 Å². The van der Waals surface area contributed by atoms with Gasteiger partial charge in [0.15, 0.2) is 0 Å². The van der Waals surface area contributed by atoms with Crippen molar-refractivity contribution in [3.8, 4) is 6.07 Å². The lowest BCUT2D eigenvalue weighted by atomic mass is 9.97. The largest absolute Gasteiger partial charge is 0.391 e. The highest BCUT2D eigenvalue weighted by Gasteiger charge is 2.34. The summed E-state index contributed by atoms with van der Waals surface area (Å²) in [5, 5.41) is 20.8. The van der Waals surface area contributed by atoms with E-state index < -0.39 is 6.10 Å². The van der Waals surface area contributed by atoms with E-state index in [0.717, 1.165) is 28.6 Å². The van der Waals surface area contributed by atoms with Gasteiger partial charge in [0.05, 0.1) is 17.2 Å². The summed E-state index contributed by atoms with van der Waals surface area (Å²) in [4.78, 5) is 18.7. The lowest BCUT2D eigenvalue weighted by Gasteiger charge is -2.18. The fourth-order valence-electron chi connectivity index (χ4n) is 4.09. The van der Waals surface area contributed by atoms with Crippen molar-refractivity contribution in [3.05, 3.63) is 65.6 Å². The Hall–Kier alpha value is -3.17. The molecule has 1 N–H and O–H groups in total. The number of pyridine rings is 1. The van der Waals surface area contributed by atoms with Crippen LogP contribution in [0.1, 0.15) is 16.8 Å². The van der Waals surface area contributed by atoms with Gasteiger partial charge in [-0.2, -0.15) is 5.26 Å². The zero-order valence-electron chi connectivity index (χ0n) is 15.7. The van der Waals surface area contributed by atoms with Crippen LogP contribution < -0.4 is 0 Å². The molecule has 1 aliphatic heterocycles. The Morgan fingerprint density at radius 2 is 2.00 bits per heavy atom. The lowest BCUT2D eigenvalue weighted by molar-refractivity contribution is -0.131. The molecule has 3 heterocycles. The molecule has 4 rings (SSSR count). The van der Waals surface area contributed by atoms with Gasteiger partial charge in [-0.3, -0.25) is 9.78 Å². The maximum absolute atomic E-state index is 13.0. The first-order valence-electron chi connectivity index (χ1n) is 9.41. The fraction of sp³-hybridized carbons (Fsp3) is 0.318. The van der Waals surface area contributed by atoms with Gasteiger partial charge in [0.2, 0.25) is 5.91 Å². The van der Waals surface area contributed by atoms with Crippen LogP contribution in [0.3, 0.4) is 0 Å². The summed E-state index contributed by atoms with van der Waals surface area (Å²) in [6, 6.07) is 13.8. The first kappa shape index (κ1) is 18.2. The summed E-state index contributed by atoms with van der Waals surface area (Å²) in [7, 11) is 0. The van der Waals surface area contributed by atoms with Crippen LogP contribution >= 0.6 is 0 Å². The molecule has 0 spiro atoms. The van der Waals surface area contributed by atoms with E-state index in [-0.39, 0.29) is 18.4 Å². The number of carbonyl (C=O) groups is 1. The summed E-state index contributed by atoms with van der Waals surface area (Å²) in [6.07, 6.45) is 3.67. The Kier molecular flexibility index (Phi) is 4.84. The number of aliphatic hydroxyl groups is 1. The zero-order chi connectivity index (χ0) is 19.7. The Balaban J connectivity index is 1.51. The molecule has 1 aromatic carbocycles. The van der Waals surface area contributed by atoms with Gasteiger partial charge in [0.1, 0.15) is 12.6 Å². The second-order valence-electron chi connectivity index (χ2n) is 7.36. The first-order chi connectivity index (χ1) is 13.6. The van der Waals surface area contributed by atoms with E-state index in [0.29, 0.717) is 18.7 Å². The molecule has 2 atom stereocenters. The normalized spacial score (nSPS) is 19.1. The van der Waals surface area contributed by atoms with Gasteiger partial charge in [0.25, 0.3) is 0 Å². The van der Waals surface area contributed by atoms with Crippen molar-refractivity contribution in [3.63, 3.8) is 0 Å². The maximum atomic E-state index is 13.0. The van der Waals surface area contributed by atoms with Gasteiger partial charge in [-0.15, -0.1) is 0 Å². The van der Waals surface area contributed by atoms with Gasteiger partial charge in [-0.1, -0.05) is 18.2 Å². The standard InChI is InChI=1S/C22H22N4O2/c1-15-19(11-23)18-4-2-3-5-20(18)26(15)14-22(28)25-12-17(21(27)13-25)10-16-6-8-24-9-7-16/h2-9,17,21,27H,10,12-14H2,1H3/t17-,21-/m1/s1. The van der Waals surface area contributed by atoms with Crippen LogP contribution in [0.4, 0.5) is 0 Å². The predicted octanol–water partition coefficient (Wildman–Crippen LogP) is 2.28. The summed E-state index contributed by atoms with van der Waals surface area (Å²) < 4.78 is 1.90. The molecule has 0 unspecified atom stereocenters. The third-order valence-electron chi connectivity index (χ3n) is 5.64. The SMILES string of the molecule is Cc1c(C#N)c2ccccc2n1CC(=O)N1C[C@@H](Cc2ccncc2)[C@H](O)C1. The number of hydrogen-bond acceptors (Lipinski definition) is 4. The molecule has 3 aromatic rings. The number of likely N-dealkylation sites (tertiary alicyclic amines) is 1. The second-order valence-corrected chi connectivity index (χ2v) is 7.36. The van der Waals surface area contributed by atoms with Crippen molar-refractivity contribution in [2.45, 2.75) is 26.0 Å². The van der Waals surface area contributed by atoms with Crippen molar-refractivity contribution in [1.82, 2.24) is 14.5 Å². The van der Waals surface area contributed by atoms with Gasteiger partial charge in [-0.05, 0) is 37.1 Å². The van der Waals surface area contributed by atoms with Gasteiger partial charge >= 0.3 is 0 Å². The fourth-order valence-corrected chi connectivity index (χ4v) is 4.09. The Bertz CT molecular complexity index is 1050. The smallest absolute Gasteiger partial charge is 0.242 e. The van der Waals surface area contributed by atoms with Gasteiger partial charge < -0.3 is 14.6 Å². The molecular weight excluding hydrogens is 352 g/mol. The van der Waals surface area contributed by atoms with Crippen molar-refractivity contribution in [2.24, 2.45) is 5.92 Å². The van der Waals surface area contributed by atoms with E-state index in [1.54, 1.807) is 17.3 Å². The first-order valence-corrected chi connectivity index (χ1v) is 9.41. The number of β-amino-alcohol motifs (C(OH)–C–C–N with tert-alkyl or cyclic N) is 1. The number of nitriles is 1. The minimum absolute atomic E-state index is 0.0172. The molecule has 0 bridgehead atoms. The third-order valence-corrected chi connectivity index (χ3v) is 5.64. The van der Waals surface area contributed by atoms with Crippen LogP contribution in [0.15, 0.2) is 48.8 Å². The molecular formula is C22H22N4O2. The Morgan fingerprint density at radius 1 is 1.25 bits per heavy atom. The van der Waals surface area contributed by atoms with E-state index in [9.17, 15) is 15.2 Å². The van der Waals surface area contributed by atoms with Crippen molar-refractivity contribution in [1.29, 1.82) is 5.26 Å². The number of benzene rings is 1. The number of para-hydroxylation sites is 1. The van der Waals surface area contributed by atoms with E-state index in [4.69, 9.17) is 0 Å². The highest BCUT2D eigenvalue weighted by atomic mass is 16.3. The molecule has 0 aliphatic carbocycles. The van der Waals surface area contributed by atoms with Crippen LogP contribution in [0.5, 0.6) is 0 Å². The molecule has 28 heavy (non-hydrogen) atoms. The summed E-state index contributed by atoms with van der Waals surface area (Å²) in [5.41, 5.74) is 3.41. The minimum Gasteiger partial charge on any atom is -0.391 e. The van der Waals surface area contributed by atoms with E-state index in [1.807, 2.05) is 47.9 Å². The molecule has 1 amide bonds. The number of amides is 1. The summed E-state index contributed by atoms with van der Waals surface area (Å²) >= 11 is 0. The number of aliphatic hydroxyl groups excluding tert-OH is 1. The van der Waals surface area contributed by atoms with Crippen LogP contribution in [0.2, 0.25) is 0 Å². The second kappa shape index (κ2) is 7.45. The monoisotopic (exact) mass is 374 g/mol. The molecule has 1 saturated heterocycles. The lowest BCUT2D eigenvalue weighted by Crippen LogP contribution is -2.33. The Labute approximate surface area is 163 Å². The Morgan fingerprint density at radius 3 is 2.75 bits per heavy atom. The average molecular weight is 374 g/mol. The van der Waals surface area contributed by atoms with E-state index in [1.165, 1.54) is 0 Å². The van der Waals surface area contributed by atoms with Crippen LogP contribution in [0.25, 0.3) is 10.9 Å². The highest BCUT2D eigenvalue weighted by molar-refractivity contribution is 5.89. The molecule has 0 saturated carbocycles. The summed E-state index contributed by atoms with van der Waals surface area (Å²) in [5.74, 6) is -0.0202. The minimum atomic E-state index is -0.533. The zero-order valence-corrected chi connectivity index (χ0v) is 15.7. The van der Waals surface area contributed by atoms with E-state index in [2.05, 4.69) is 11.1 Å². The molecule has 6 heteroatoms. The van der Waals surface area contributed by atoms with Crippen LogP contribution in [0, 0.1) is 24.2 Å². The number of rotatable bonds is 4. The van der Waals surface area contributed by atoms with Gasteiger partial charge in [-0.25, -0.2) is 0 Å². The third kappa shape index (κ3) is 3.25. The molecule has 1 fully saturated rings. The van der Waals surface area contributed by atoms with Crippen molar-refractivity contribution >= 4 is 16.8 Å². The maximum Gasteiger partial charge on any atom is 0.242 e. The molecule has 2 aromatic heterocycles. The number of nitrogens with zero attached hydrogens (tertiary/aromatic N) is 4. The molecule has 142 valence electrons. The molecule has 6 nitrogen and oxygen atoms in total. The van der Waals surface area contributed by atoms with Crippen LogP contribution in [-0.4, -0.2) is 44.7 Å². The molecule has 1 aliphatic rings. The average Bonchev–Trinajstić information content (AvgIpc) is 3.20. The molecule has 0 radical (unpaired) electrons. The predicted molar refractivity (Wildman–Crippen MR) is 105 cm³/mol.